The maximum absolute atomic E-state index is 5.37. The number of hydrogen-bond donors (Lipinski definition) is 1. The maximum atomic E-state index is 5.37. The average Bonchev–Trinajstić information content (AvgIpc) is 2.92. The molecule has 0 aliphatic heterocycles. The molecule has 0 aliphatic rings. The van der Waals surface area contributed by atoms with E-state index in [1.807, 2.05) is 42.5 Å². The number of nitrogens with one attached hydrogen (secondary N) is 1. The zero-order chi connectivity index (χ0) is 13.8. The summed E-state index contributed by atoms with van der Waals surface area (Å²) in [6.07, 6.45) is 0.924. The van der Waals surface area contributed by atoms with Crippen molar-refractivity contribution in [3.8, 4) is 0 Å². The third-order valence-electron chi connectivity index (χ3n) is 3.08. The SMILES string of the molecule is S=C(NCCc1ccccc1)n1nnc2ccccc21. The first-order valence-electron chi connectivity index (χ1n) is 6.47. The van der Waals surface area contributed by atoms with E-state index in [4.69, 9.17) is 12.2 Å². The van der Waals surface area contributed by atoms with Crippen LogP contribution < -0.4 is 5.32 Å². The van der Waals surface area contributed by atoms with Crippen LogP contribution in [-0.2, 0) is 6.42 Å². The molecule has 0 spiro atoms. The van der Waals surface area contributed by atoms with Crippen molar-refractivity contribution in [2.75, 3.05) is 6.54 Å². The predicted molar refractivity (Wildman–Crippen MR) is 83.7 cm³/mol. The Morgan fingerprint density at radius 3 is 2.65 bits per heavy atom. The van der Waals surface area contributed by atoms with E-state index in [2.05, 4.69) is 27.8 Å². The standard InChI is InChI=1S/C15H14N4S/c20-15(16-11-10-12-6-2-1-3-7-12)19-14-9-5-4-8-13(14)17-18-19/h1-9H,10-11H2,(H,16,20). The molecule has 1 heterocycles. The van der Waals surface area contributed by atoms with Crippen LogP contribution in [-0.4, -0.2) is 26.7 Å². The summed E-state index contributed by atoms with van der Waals surface area (Å²) in [7, 11) is 0. The molecule has 0 saturated carbocycles. The Morgan fingerprint density at radius 2 is 1.80 bits per heavy atom. The summed E-state index contributed by atoms with van der Waals surface area (Å²) < 4.78 is 1.66. The van der Waals surface area contributed by atoms with Crippen LogP contribution in [0.15, 0.2) is 54.6 Å². The number of fused-ring (bicyclic) bond motifs is 1. The molecule has 0 amide bonds. The minimum Gasteiger partial charge on any atom is -0.360 e. The normalized spacial score (nSPS) is 10.6. The molecule has 100 valence electrons. The summed E-state index contributed by atoms with van der Waals surface area (Å²) in [4.78, 5) is 0. The number of thiocarbonyl (C=S) groups is 1. The molecule has 1 aromatic heterocycles. The molecule has 0 fully saturated rings. The predicted octanol–water partition coefficient (Wildman–Crippen LogP) is 2.40. The van der Waals surface area contributed by atoms with Crippen LogP contribution in [0.3, 0.4) is 0 Å². The summed E-state index contributed by atoms with van der Waals surface area (Å²) in [5.41, 5.74) is 3.05. The highest BCUT2D eigenvalue weighted by atomic mass is 32.1. The van der Waals surface area contributed by atoms with Gasteiger partial charge >= 0.3 is 0 Å². The Balaban J connectivity index is 1.65. The fourth-order valence-corrected chi connectivity index (χ4v) is 2.29. The number of aromatic nitrogens is 3. The zero-order valence-electron chi connectivity index (χ0n) is 10.9. The van der Waals surface area contributed by atoms with Crippen molar-refractivity contribution in [3.63, 3.8) is 0 Å². The quantitative estimate of drug-likeness (QED) is 0.749. The molecule has 20 heavy (non-hydrogen) atoms. The average molecular weight is 282 g/mol. The molecule has 5 heteroatoms. The van der Waals surface area contributed by atoms with Crippen LogP contribution in [0.25, 0.3) is 11.0 Å². The lowest BCUT2D eigenvalue weighted by atomic mass is 10.1. The molecular formula is C15H14N4S. The Morgan fingerprint density at radius 1 is 1.05 bits per heavy atom. The van der Waals surface area contributed by atoms with Gasteiger partial charge in [0.25, 0.3) is 0 Å². The van der Waals surface area contributed by atoms with Crippen LogP contribution in [0.2, 0.25) is 0 Å². The molecule has 2 aromatic carbocycles. The first kappa shape index (κ1) is 12.7. The van der Waals surface area contributed by atoms with Crippen molar-refractivity contribution in [1.82, 2.24) is 20.3 Å². The second-order valence-electron chi connectivity index (χ2n) is 4.46. The second-order valence-corrected chi connectivity index (χ2v) is 4.84. The first-order valence-corrected chi connectivity index (χ1v) is 6.88. The number of para-hydroxylation sites is 1. The van der Waals surface area contributed by atoms with E-state index in [0.29, 0.717) is 5.11 Å². The lowest BCUT2D eigenvalue weighted by Gasteiger charge is -2.07. The van der Waals surface area contributed by atoms with Gasteiger partial charge < -0.3 is 5.32 Å². The van der Waals surface area contributed by atoms with Gasteiger partial charge in [-0.15, -0.1) is 5.10 Å². The highest BCUT2D eigenvalue weighted by molar-refractivity contribution is 7.80. The van der Waals surface area contributed by atoms with Gasteiger partial charge in [0, 0.05) is 6.54 Å². The van der Waals surface area contributed by atoms with Crippen LogP contribution >= 0.6 is 12.2 Å². The third kappa shape index (κ3) is 2.67. The molecule has 0 radical (unpaired) electrons. The monoisotopic (exact) mass is 282 g/mol. The molecule has 0 saturated heterocycles. The fraction of sp³-hybridized carbons (Fsp3) is 0.133. The molecule has 0 bridgehead atoms. The maximum Gasteiger partial charge on any atom is 0.196 e. The van der Waals surface area contributed by atoms with E-state index in [0.717, 1.165) is 24.0 Å². The van der Waals surface area contributed by atoms with Gasteiger partial charge in [0.15, 0.2) is 5.11 Å². The molecule has 3 rings (SSSR count). The summed E-state index contributed by atoms with van der Waals surface area (Å²) in [6.45, 7) is 0.775. The summed E-state index contributed by atoms with van der Waals surface area (Å²) in [6, 6.07) is 18.1. The number of nitrogens with zero attached hydrogens (tertiary/aromatic N) is 3. The lowest BCUT2D eigenvalue weighted by Crippen LogP contribution is -2.30. The minimum absolute atomic E-state index is 0.578. The van der Waals surface area contributed by atoms with Gasteiger partial charge in [-0.2, -0.15) is 4.68 Å². The van der Waals surface area contributed by atoms with E-state index in [1.165, 1.54) is 5.56 Å². The number of benzene rings is 2. The van der Waals surface area contributed by atoms with Crippen molar-refractivity contribution >= 4 is 28.4 Å². The van der Waals surface area contributed by atoms with Gasteiger partial charge in [0.1, 0.15) is 5.52 Å². The molecule has 4 nitrogen and oxygen atoms in total. The summed E-state index contributed by atoms with van der Waals surface area (Å²) in [5.74, 6) is 0. The van der Waals surface area contributed by atoms with Crippen LogP contribution in [0.5, 0.6) is 0 Å². The van der Waals surface area contributed by atoms with Gasteiger partial charge in [-0.25, -0.2) is 0 Å². The minimum atomic E-state index is 0.578. The van der Waals surface area contributed by atoms with Gasteiger partial charge in [0.05, 0.1) is 5.52 Å². The molecule has 0 atom stereocenters. The van der Waals surface area contributed by atoms with E-state index >= 15 is 0 Å². The van der Waals surface area contributed by atoms with Crippen molar-refractivity contribution < 1.29 is 0 Å². The topological polar surface area (TPSA) is 42.7 Å². The van der Waals surface area contributed by atoms with Gasteiger partial charge in [-0.1, -0.05) is 47.7 Å². The lowest BCUT2D eigenvalue weighted by molar-refractivity contribution is 0.796. The molecule has 3 aromatic rings. The van der Waals surface area contributed by atoms with Crippen LogP contribution in [0.1, 0.15) is 5.56 Å². The van der Waals surface area contributed by atoms with Crippen molar-refractivity contribution in [2.24, 2.45) is 0 Å². The second kappa shape index (κ2) is 5.79. The Bertz CT molecular complexity index is 721. The van der Waals surface area contributed by atoms with E-state index in [9.17, 15) is 0 Å². The highest BCUT2D eigenvalue weighted by Gasteiger charge is 2.07. The zero-order valence-corrected chi connectivity index (χ0v) is 11.7. The molecular weight excluding hydrogens is 268 g/mol. The summed E-state index contributed by atoms with van der Waals surface area (Å²) >= 11 is 5.37. The molecule has 0 unspecified atom stereocenters. The molecule has 1 N–H and O–H groups in total. The van der Waals surface area contributed by atoms with E-state index in [1.54, 1.807) is 4.68 Å². The Labute approximate surface area is 122 Å². The van der Waals surface area contributed by atoms with Gasteiger partial charge in [-0.05, 0) is 36.3 Å². The van der Waals surface area contributed by atoms with Gasteiger partial charge in [-0.3, -0.25) is 0 Å². The van der Waals surface area contributed by atoms with Crippen molar-refractivity contribution in [2.45, 2.75) is 6.42 Å². The molecule has 0 aliphatic carbocycles. The van der Waals surface area contributed by atoms with Crippen molar-refractivity contribution in [1.29, 1.82) is 0 Å². The van der Waals surface area contributed by atoms with Gasteiger partial charge in [0.2, 0.25) is 0 Å². The Hall–Kier alpha value is -2.27. The fourth-order valence-electron chi connectivity index (χ4n) is 2.05. The first-order chi connectivity index (χ1) is 9.84. The smallest absolute Gasteiger partial charge is 0.196 e. The third-order valence-corrected chi connectivity index (χ3v) is 3.39. The van der Waals surface area contributed by atoms with E-state index < -0.39 is 0 Å². The van der Waals surface area contributed by atoms with E-state index in [-0.39, 0.29) is 0 Å². The van der Waals surface area contributed by atoms with Crippen LogP contribution in [0.4, 0.5) is 0 Å². The largest absolute Gasteiger partial charge is 0.360 e. The summed E-state index contributed by atoms with van der Waals surface area (Å²) in [5, 5.41) is 12.0. The highest BCUT2D eigenvalue weighted by Crippen LogP contribution is 2.09. The Kier molecular flexibility index (Phi) is 3.69. The van der Waals surface area contributed by atoms with Crippen LogP contribution in [0, 0.1) is 0 Å². The number of hydrogen-bond acceptors (Lipinski definition) is 3. The van der Waals surface area contributed by atoms with Crippen molar-refractivity contribution in [3.05, 3.63) is 60.2 Å². The number of rotatable bonds is 3.